The quantitative estimate of drug-likeness (QED) is 0.718. The molecule has 2 N–H and O–H groups in total. The van der Waals surface area contributed by atoms with Crippen molar-refractivity contribution in [1.82, 2.24) is 4.98 Å². The highest BCUT2D eigenvalue weighted by molar-refractivity contribution is 7.76. The predicted molar refractivity (Wildman–Crippen MR) is 46.4 cm³/mol. The maximum atomic E-state index is 10.7. The molecule has 12 heavy (non-hydrogen) atoms. The molecule has 0 saturated carbocycles. The zero-order valence-corrected chi connectivity index (χ0v) is 8.33. The molecule has 0 aliphatic heterocycles. The molecule has 0 radical (unpaired) electrons. The summed E-state index contributed by atoms with van der Waals surface area (Å²) in [6.45, 7) is 3.20. The lowest BCUT2D eigenvalue weighted by Gasteiger charge is -2.12. The van der Waals surface area contributed by atoms with Crippen LogP contribution in [-0.4, -0.2) is 10.1 Å². The molecule has 0 atom stereocenters. The van der Waals surface area contributed by atoms with Crippen LogP contribution in [0.15, 0.2) is 10.4 Å². The van der Waals surface area contributed by atoms with E-state index in [1.807, 2.05) is 0 Å². The van der Waals surface area contributed by atoms with Crippen molar-refractivity contribution in [2.75, 3.05) is 0 Å². The van der Waals surface area contributed by atoms with Crippen molar-refractivity contribution in [1.29, 1.82) is 4.78 Å². The summed E-state index contributed by atoms with van der Waals surface area (Å²) in [4.78, 5) is 3.86. The third-order valence-electron chi connectivity index (χ3n) is 1.19. The Morgan fingerprint density at radius 1 is 1.75 bits per heavy atom. The number of thiazole rings is 1. The summed E-state index contributed by atoms with van der Waals surface area (Å²) in [5.41, 5.74) is -1.01. The van der Waals surface area contributed by atoms with Crippen LogP contribution < -0.4 is 0 Å². The molecule has 4 nitrogen and oxygen atoms in total. The average molecular weight is 205 g/mol. The summed E-state index contributed by atoms with van der Waals surface area (Å²) in [5.74, 6) is 0. The van der Waals surface area contributed by atoms with E-state index in [1.54, 1.807) is 13.8 Å². The molecule has 0 aromatic carbocycles. The molecule has 0 aliphatic carbocycles. The molecular formula is C6H9N2O2S2-. The van der Waals surface area contributed by atoms with Crippen molar-refractivity contribution < 1.29 is 9.32 Å². The number of hydrogen-bond acceptors (Lipinski definition) is 6. The molecule has 0 aliphatic rings. The molecular weight excluding hydrogens is 196 g/mol. The van der Waals surface area contributed by atoms with E-state index in [4.69, 9.17) is 4.78 Å². The fourth-order valence-corrected chi connectivity index (χ4v) is 1.97. The van der Waals surface area contributed by atoms with Gasteiger partial charge in [0.15, 0.2) is 0 Å². The minimum atomic E-state index is -1.75. The maximum Gasteiger partial charge on any atom is 0.122 e. The van der Waals surface area contributed by atoms with E-state index in [2.05, 4.69) is 4.98 Å². The first-order valence-electron chi connectivity index (χ1n) is 3.23. The summed E-state index contributed by atoms with van der Waals surface area (Å²) >= 11 is 1.10. The molecule has 6 heteroatoms. The van der Waals surface area contributed by atoms with E-state index in [9.17, 15) is 9.32 Å². The molecule has 1 rings (SSSR count). The van der Waals surface area contributed by atoms with E-state index < -0.39 is 16.2 Å². The zero-order valence-electron chi connectivity index (χ0n) is 6.70. The second kappa shape index (κ2) is 3.12. The number of hydrogen-bond donors (Lipinski definition) is 2. The van der Waals surface area contributed by atoms with Crippen LogP contribution in [0, 0.1) is 4.78 Å². The van der Waals surface area contributed by atoms with Gasteiger partial charge in [-0.3, -0.25) is 0 Å². The second-order valence-electron chi connectivity index (χ2n) is 2.81. The van der Waals surface area contributed by atoms with Gasteiger partial charge in [-0.2, -0.15) is 10.6 Å². The first-order valence-corrected chi connectivity index (χ1v) is 5.19. The Labute approximate surface area is 76.3 Å². The SMILES string of the molecule is CC(C)(O)c1ncc([S-](=N)=O)s1. The van der Waals surface area contributed by atoms with Crippen LogP contribution in [0.1, 0.15) is 18.9 Å². The predicted octanol–water partition coefficient (Wildman–Crippen LogP) is 1.46. The molecule has 0 spiro atoms. The van der Waals surface area contributed by atoms with E-state index >= 15 is 0 Å². The van der Waals surface area contributed by atoms with Crippen LogP contribution >= 0.6 is 11.3 Å². The van der Waals surface area contributed by atoms with Crippen molar-refractivity contribution >= 4 is 21.9 Å². The maximum absolute atomic E-state index is 10.7. The lowest BCUT2D eigenvalue weighted by Crippen LogP contribution is -2.14. The number of rotatable bonds is 2. The summed E-state index contributed by atoms with van der Waals surface area (Å²) in [6, 6.07) is 0. The third kappa shape index (κ3) is 2.02. The molecule has 0 bridgehead atoms. The van der Waals surface area contributed by atoms with Gasteiger partial charge >= 0.3 is 0 Å². The average Bonchev–Trinajstić information content (AvgIpc) is 2.30. The Bertz CT molecular complexity index is 341. The molecule has 1 aromatic rings. The standard InChI is InChI=1S/C6H9N2O2S2/c1-6(2,9)5-8-3-4(11-5)12(7)10/h3,7,9H,1-2H3/q-1. The Hall–Kier alpha value is -0.460. The van der Waals surface area contributed by atoms with Crippen LogP contribution in [-0.2, 0) is 20.4 Å². The Morgan fingerprint density at radius 3 is 2.58 bits per heavy atom. The van der Waals surface area contributed by atoms with Gasteiger partial charge < -0.3 is 14.1 Å². The van der Waals surface area contributed by atoms with Crippen LogP contribution in [0.25, 0.3) is 0 Å². The Morgan fingerprint density at radius 2 is 2.33 bits per heavy atom. The zero-order chi connectivity index (χ0) is 9.35. The fraction of sp³-hybridized carbons (Fsp3) is 0.500. The topological polar surface area (TPSA) is 74.0 Å². The number of nitrogens with one attached hydrogen (secondary N) is 1. The molecule has 1 heterocycles. The van der Waals surface area contributed by atoms with Gasteiger partial charge in [-0.15, -0.1) is 11.3 Å². The minimum absolute atomic E-state index is 0.368. The minimum Gasteiger partial charge on any atom is -0.439 e. The monoisotopic (exact) mass is 205 g/mol. The molecule has 0 fully saturated rings. The van der Waals surface area contributed by atoms with Gasteiger partial charge in [0.2, 0.25) is 0 Å². The molecule has 1 aromatic heterocycles. The van der Waals surface area contributed by atoms with Crippen molar-refractivity contribution in [3.63, 3.8) is 0 Å². The first kappa shape index (κ1) is 9.63. The van der Waals surface area contributed by atoms with E-state index in [0.717, 1.165) is 11.3 Å². The molecule has 0 unspecified atom stereocenters. The Kier molecular flexibility index (Phi) is 2.50. The summed E-state index contributed by atoms with van der Waals surface area (Å²) in [6.07, 6.45) is 1.36. The van der Waals surface area contributed by atoms with Crippen LogP contribution in [0.5, 0.6) is 0 Å². The fourth-order valence-electron chi connectivity index (χ4n) is 0.628. The first-order chi connectivity index (χ1) is 5.41. The van der Waals surface area contributed by atoms with Gasteiger partial charge in [0.25, 0.3) is 0 Å². The highest BCUT2D eigenvalue weighted by Crippen LogP contribution is 2.25. The van der Waals surface area contributed by atoms with Crippen molar-refractivity contribution in [2.24, 2.45) is 0 Å². The summed E-state index contributed by atoms with van der Waals surface area (Å²) < 4.78 is 17.9. The van der Waals surface area contributed by atoms with Crippen LogP contribution in [0.2, 0.25) is 0 Å². The highest BCUT2D eigenvalue weighted by atomic mass is 32.2. The lowest BCUT2D eigenvalue weighted by atomic mass is 10.2. The van der Waals surface area contributed by atoms with Gasteiger partial charge in [0, 0.05) is 6.20 Å². The molecule has 0 amide bonds. The van der Waals surface area contributed by atoms with Gasteiger partial charge in [-0.25, -0.2) is 4.98 Å². The van der Waals surface area contributed by atoms with E-state index in [0.29, 0.717) is 9.22 Å². The van der Waals surface area contributed by atoms with Crippen molar-refractivity contribution in [3.8, 4) is 0 Å². The van der Waals surface area contributed by atoms with Crippen molar-refractivity contribution in [3.05, 3.63) is 11.2 Å². The lowest BCUT2D eigenvalue weighted by molar-refractivity contribution is 0.0783. The van der Waals surface area contributed by atoms with E-state index in [-0.39, 0.29) is 0 Å². The number of nitrogens with zero attached hydrogens (tertiary/aromatic N) is 1. The number of aliphatic hydroxyl groups is 1. The Balaban J connectivity index is 3.08. The van der Waals surface area contributed by atoms with Gasteiger partial charge in [0.05, 0.1) is 0 Å². The smallest absolute Gasteiger partial charge is 0.122 e. The normalized spacial score (nSPS) is 12.3. The van der Waals surface area contributed by atoms with Gasteiger partial charge in [-0.1, -0.05) is 0 Å². The van der Waals surface area contributed by atoms with E-state index in [1.165, 1.54) is 6.20 Å². The highest BCUT2D eigenvalue weighted by Gasteiger charge is 2.18. The molecule has 0 saturated heterocycles. The second-order valence-corrected chi connectivity index (χ2v) is 5.08. The van der Waals surface area contributed by atoms with Gasteiger partial charge in [-0.05, 0) is 18.1 Å². The third-order valence-corrected chi connectivity index (χ3v) is 3.47. The van der Waals surface area contributed by atoms with Crippen LogP contribution in [0.3, 0.4) is 0 Å². The summed E-state index contributed by atoms with van der Waals surface area (Å²) in [7, 11) is -1.75. The number of aromatic nitrogens is 1. The largest absolute Gasteiger partial charge is 0.439 e. The summed E-state index contributed by atoms with van der Waals surface area (Å²) in [5, 5.41) is 9.96. The van der Waals surface area contributed by atoms with Crippen molar-refractivity contribution in [2.45, 2.75) is 23.7 Å². The molecule has 68 valence electrons. The van der Waals surface area contributed by atoms with Gasteiger partial charge in [0.1, 0.15) is 10.6 Å². The van der Waals surface area contributed by atoms with Crippen LogP contribution in [0.4, 0.5) is 0 Å².